The zero-order chi connectivity index (χ0) is 12.3. The van der Waals surface area contributed by atoms with E-state index < -0.39 is 41.0 Å². The molecule has 0 bridgehead atoms. The summed E-state index contributed by atoms with van der Waals surface area (Å²) in [7, 11) is -4.87. The molecule has 0 saturated carbocycles. The summed E-state index contributed by atoms with van der Waals surface area (Å²) < 4.78 is 43.8. The van der Waals surface area contributed by atoms with Gasteiger partial charge in [0.15, 0.2) is 0 Å². The number of aliphatic hydroxyl groups is 1. The Kier molecular flexibility index (Phi) is 5.18. The molecule has 0 aromatic carbocycles. The molecule has 0 aliphatic rings. The van der Waals surface area contributed by atoms with Crippen molar-refractivity contribution >= 4 is 28.3 Å². The van der Waals surface area contributed by atoms with Gasteiger partial charge in [-0.05, 0) is 0 Å². The topological polar surface area (TPSA) is 171 Å². The molecule has 10 nitrogen and oxygen atoms in total. The second kappa shape index (κ2) is 5.24. The van der Waals surface area contributed by atoms with E-state index in [4.69, 9.17) is 23.1 Å². The van der Waals surface area contributed by atoms with Gasteiger partial charge in [0.1, 0.15) is 0 Å². The Morgan fingerprint density at radius 3 is 2.20 bits per heavy atom. The summed E-state index contributed by atoms with van der Waals surface area (Å²) in [4.78, 5) is 26.9. The molecule has 0 radical (unpaired) electrons. The third kappa shape index (κ3) is 8.79. The summed E-state index contributed by atoms with van der Waals surface area (Å²) in [6.45, 7) is -1.14. The summed E-state index contributed by atoms with van der Waals surface area (Å²) in [5.41, 5.74) is 0. The van der Waals surface area contributed by atoms with Gasteiger partial charge in [0, 0.05) is 0 Å². The van der Waals surface area contributed by atoms with Crippen LogP contribution in [0.25, 0.3) is 0 Å². The van der Waals surface area contributed by atoms with Crippen molar-refractivity contribution in [2.24, 2.45) is 0 Å². The van der Waals surface area contributed by atoms with Gasteiger partial charge in [-0.15, -0.1) is 0 Å². The predicted octanol–water partition coefficient (Wildman–Crippen LogP) is -3.15. The zero-order valence-corrected chi connectivity index (χ0v) is 9.73. The van der Waals surface area contributed by atoms with Gasteiger partial charge in [-0.2, -0.15) is 0 Å². The molecular weight excluding hydrogens is 302 g/mol. The van der Waals surface area contributed by atoms with Gasteiger partial charge in [0.05, 0.1) is 0 Å². The first-order valence-corrected chi connectivity index (χ1v) is 7.92. The Balaban J connectivity index is 4.12. The number of hydrogen-bond acceptors (Lipinski definition) is 6. The van der Waals surface area contributed by atoms with Gasteiger partial charge in [-0.1, -0.05) is 0 Å². The molecule has 0 aromatic rings. The standard InChI is InChI=1S/C3H8AsO10P/c5-2(1-13-15(10,11)12)3(6)14-4(7,8)9/h2,5H,1H2,(H2,7,8,9)(H2,10,11,12)/t2-/m1/s1. The fraction of sp³-hybridized carbons (Fsp3) is 0.667. The van der Waals surface area contributed by atoms with Crippen molar-refractivity contribution < 1.29 is 44.4 Å². The molecule has 0 aromatic heterocycles. The van der Waals surface area contributed by atoms with E-state index in [-0.39, 0.29) is 0 Å². The minimum absolute atomic E-state index is 1.14. The summed E-state index contributed by atoms with van der Waals surface area (Å²) in [6, 6.07) is 0. The molecule has 0 rings (SSSR count). The summed E-state index contributed by atoms with van der Waals surface area (Å²) in [6.07, 6.45) is -2.19. The zero-order valence-electron chi connectivity index (χ0n) is 6.96. The van der Waals surface area contributed by atoms with E-state index in [1.807, 2.05) is 0 Å². The van der Waals surface area contributed by atoms with E-state index in [1.54, 1.807) is 0 Å². The van der Waals surface area contributed by atoms with Crippen LogP contribution in [0.15, 0.2) is 0 Å². The second-order valence-electron chi connectivity index (χ2n) is 2.20. The molecule has 0 heterocycles. The molecule has 0 aliphatic heterocycles. The van der Waals surface area contributed by atoms with E-state index in [9.17, 15) is 13.1 Å². The number of hydrogen-bond donors (Lipinski definition) is 5. The summed E-state index contributed by atoms with van der Waals surface area (Å²) >= 11 is -5.69. The van der Waals surface area contributed by atoms with Gasteiger partial charge in [0.2, 0.25) is 0 Å². The molecule has 5 N–H and O–H groups in total. The predicted molar refractivity (Wildman–Crippen MR) is 41.0 cm³/mol. The molecule has 0 unspecified atom stereocenters. The monoisotopic (exact) mass is 310 g/mol. The van der Waals surface area contributed by atoms with Crippen LogP contribution < -0.4 is 0 Å². The Labute approximate surface area is 86.0 Å². The van der Waals surface area contributed by atoms with E-state index >= 15 is 0 Å². The van der Waals surface area contributed by atoms with Crippen molar-refractivity contribution in [1.29, 1.82) is 0 Å². The third-order valence-corrected chi connectivity index (χ3v) is 2.24. The summed E-state index contributed by atoms with van der Waals surface area (Å²) in [5.74, 6) is -1.73. The minimum atomic E-state index is -5.69. The first-order valence-electron chi connectivity index (χ1n) is 3.18. The SMILES string of the molecule is O=C(O[As](=O)(O)O)[C@H](O)COP(=O)(O)O. The van der Waals surface area contributed by atoms with Gasteiger partial charge in [-0.3, -0.25) is 0 Å². The number of phosphoric acid groups is 1. The number of carbonyl (C=O) groups excluding carboxylic acids is 1. The Bertz CT molecular complexity index is 313. The fourth-order valence-corrected chi connectivity index (χ4v) is 1.50. The summed E-state index contributed by atoms with van der Waals surface area (Å²) in [5, 5.41) is 8.77. The van der Waals surface area contributed by atoms with Crippen molar-refractivity contribution in [1.82, 2.24) is 0 Å². The van der Waals surface area contributed by atoms with E-state index in [0.29, 0.717) is 0 Å². The van der Waals surface area contributed by atoms with Crippen LogP contribution in [0.2, 0.25) is 0 Å². The van der Waals surface area contributed by atoms with Crippen LogP contribution in [-0.2, 0) is 21.3 Å². The van der Waals surface area contributed by atoms with Crippen LogP contribution in [-0.4, -0.2) is 56.3 Å². The Morgan fingerprint density at radius 1 is 1.40 bits per heavy atom. The van der Waals surface area contributed by atoms with E-state index in [2.05, 4.69) is 8.25 Å². The molecule has 0 aliphatic carbocycles. The molecular formula is C3H8AsO10P. The van der Waals surface area contributed by atoms with Crippen molar-refractivity contribution in [3.05, 3.63) is 0 Å². The van der Waals surface area contributed by atoms with Crippen LogP contribution >= 0.6 is 7.82 Å². The Hall–Kier alpha value is -0.182. The van der Waals surface area contributed by atoms with Crippen molar-refractivity contribution in [2.75, 3.05) is 6.61 Å². The van der Waals surface area contributed by atoms with E-state index in [0.717, 1.165) is 0 Å². The molecule has 0 fully saturated rings. The molecule has 0 amide bonds. The molecule has 0 saturated heterocycles. The van der Waals surface area contributed by atoms with Crippen LogP contribution in [0.5, 0.6) is 0 Å². The van der Waals surface area contributed by atoms with E-state index in [1.165, 1.54) is 0 Å². The average molecular weight is 310 g/mol. The van der Waals surface area contributed by atoms with Crippen molar-refractivity contribution in [3.8, 4) is 0 Å². The number of phosphoric ester groups is 1. The maximum absolute atomic E-state index is 10.6. The normalized spacial score (nSPS) is 14.7. The van der Waals surface area contributed by atoms with Crippen LogP contribution in [0.3, 0.4) is 0 Å². The van der Waals surface area contributed by atoms with Crippen LogP contribution in [0.4, 0.5) is 0 Å². The number of aliphatic hydroxyl groups excluding tert-OH is 1. The van der Waals surface area contributed by atoms with Gasteiger partial charge < -0.3 is 0 Å². The average Bonchev–Trinajstić information content (AvgIpc) is 1.95. The first-order chi connectivity index (χ1) is 6.51. The van der Waals surface area contributed by atoms with Gasteiger partial charge >= 0.3 is 85.5 Å². The van der Waals surface area contributed by atoms with Gasteiger partial charge in [0.25, 0.3) is 0 Å². The third-order valence-electron chi connectivity index (χ3n) is 0.882. The fourth-order valence-electron chi connectivity index (χ4n) is 0.414. The molecule has 15 heavy (non-hydrogen) atoms. The van der Waals surface area contributed by atoms with Gasteiger partial charge in [-0.25, -0.2) is 0 Å². The second-order valence-corrected chi connectivity index (χ2v) is 5.88. The van der Waals surface area contributed by atoms with Crippen LogP contribution in [0.1, 0.15) is 0 Å². The molecule has 1 atom stereocenters. The molecule has 0 spiro atoms. The van der Waals surface area contributed by atoms with Crippen molar-refractivity contribution in [3.63, 3.8) is 0 Å². The number of carbonyl (C=O) groups is 1. The molecule has 12 heteroatoms. The maximum atomic E-state index is 10.6. The molecule has 90 valence electrons. The first kappa shape index (κ1) is 14.8. The van der Waals surface area contributed by atoms with Crippen LogP contribution in [0, 0.1) is 0 Å². The number of rotatable bonds is 5. The van der Waals surface area contributed by atoms with Crippen molar-refractivity contribution in [2.45, 2.75) is 6.10 Å². The Morgan fingerprint density at radius 2 is 1.87 bits per heavy atom. The quantitative estimate of drug-likeness (QED) is 0.258.